The van der Waals surface area contributed by atoms with Crippen molar-refractivity contribution in [1.29, 1.82) is 0 Å². The summed E-state index contributed by atoms with van der Waals surface area (Å²) in [4.78, 5) is 25.7. The van der Waals surface area contributed by atoms with Gasteiger partial charge in [0.15, 0.2) is 0 Å². The minimum absolute atomic E-state index is 0.127. The second kappa shape index (κ2) is 5.28. The van der Waals surface area contributed by atoms with Gasteiger partial charge in [0.25, 0.3) is 0 Å². The number of rotatable bonds is 3. The quantitative estimate of drug-likeness (QED) is 0.907. The molecule has 2 rings (SSSR count). The molecule has 0 aliphatic heterocycles. The lowest BCUT2D eigenvalue weighted by Crippen LogP contribution is -2.24. The predicted molar refractivity (Wildman–Crippen MR) is 73.3 cm³/mol. The Bertz CT molecular complexity index is 598. The maximum Gasteiger partial charge on any atom is 0.335 e. The normalized spacial score (nSPS) is 11.3. The maximum atomic E-state index is 11.7. The Morgan fingerprint density at radius 1 is 1.35 bits per heavy atom. The number of carbonyl (C=O) groups excluding carboxylic acids is 1. The molecule has 0 aromatic carbocycles. The molecule has 0 saturated heterocycles. The molecule has 20 heavy (non-hydrogen) atoms. The van der Waals surface area contributed by atoms with E-state index in [2.05, 4.69) is 15.1 Å². The van der Waals surface area contributed by atoms with E-state index in [1.54, 1.807) is 24.7 Å². The molecule has 0 bridgehead atoms. The molecule has 0 atom stereocenters. The van der Waals surface area contributed by atoms with Crippen molar-refractivity contribution in [3.63, 3.8) is 0 Å². The van der Waals surface area contributed by atoms with E-state index in [4.69, 9.17) is 10.6 Å². The first-order valence-electron chi connectivity index (χ1n) is 6.18. The average molecular weight is 275 g/mol. The highest BCUT2D eigenvalue weighted by Gasteiger charge is 2.18. The lowest BCUT2D eigenvalue weighted by Gasteiger charge is -2.15. The molecule has 106 valence electrons. The fraction of sp³-hybridized carbons (Fsp3) is 0.385. The van der Waals surface area contributed by atoms with Gasteiger partial charge in [0, 0.05) is 18.0 Å². The SMILES string of the molecule is CC(C)(C)CC(=O)On1ccc(-c2cnc(N)nc2)n1. The lowest BCUT2D eigenvalue weighted by atomic mass is 9.93. The van der Waals surface area contributed by atoms with Crippen LogP contribution in [0.1, 0.15) is 27.2 Å². The average Bonchev–Trinajstić information content (AvgIpc) is 2.75. The van der Waals surface area contributed by atoms with Crippen LogP contribution >= 0.6 is 0 Å². The van der Waals surface area contributed by atoms with Crippen LogP contribution in [0.4, 0.5) is 5.95 Å². The summed E-state index contributed by atoms with van der Waals surface area (Å²) in [6.45, 7) is 5.90. The summed E-state index contributed by atoms with van der Waals surface area (Å²) in [6.07, 6.45) is 5.00. The van der Waals surface area contributed by atoms with Gasteiger partial charge < -0.3 is 10.6 Å². The Kier molecular flexibility index (Phi) is 3.69. The van der Waals surface area contributed by atoms with Crippen molar-refractivity contribution in [3.05, 3.63) is 24.7 Å². The summed E-state index contributed by atoms with van der Waals surface area (Å²) in [5.74, 6) is -0.134. The smallest absolute Gasteiger partial charge is 0.335 e. The molecule has 2 aromatic rings. The third-order valence-corrected chi connectivity index (χ3v) is 2.40. The molecule has 0 unspecified atom stereocenters. The fourth-order valence-electron chi connectivity index (χ4n) is 1.55. The Morgan fingerprint density at radius 3 is 2.60 bits per heavy atom. The minimum atomic E-state index is -0.333. The van der Waals surface area contributed by atoms with Gasteiger partial charge in [0.2, 0.25) is 5.95 Å². The lowest BCUT2D eigenvalue weighted by molar-refractivity contribution is -0.147. The van der Waals surface area contributed by atoms with Gasteiger partial charge in [0.05, 0.1) is 18.3 Å². The molecule has 0 fully saturated rings. The monoisotopic (exact) mass is 275 g/mol. The Labute approximate surface area is 116 Å². The molecule has 0 amide bonds. The molecule has 2 N–H and O–H groups in total. The van der Waals surface area contributed by atoms with Crippen LogP contribution in [-0.2, 0) is 4.79 Å². The van der Waals surface area contributed by atoms with Crippen molar-refractivity contribution in [1.82, 2.24) is 19.9 Å². The van der Waals surface area contributed by atoms with Crippen LogP contribution in [0.3, 0.4) is 0 Å². The highest BCUT2D eigenvalue weighted by atomic mass is 16.7. The maximum absolute atomic E-state index is 11.7. The van der Waals surface area contributed by atoms with Crippen molar-refractivity contribution < 1.29 is 9.63 Å². The zero-order chi connectivity index (χ0) is 14.8. The molecule has 0 aliphatic rings. The van der Waals surface area contributed by atoms with Crippen LogP contribution in [0.25, 0.3) is 11.3 Å². The molecular formula is C13H17N5O2. The summed E-state index contributed by atoms with van der Waals surface area (Å²) < 4.78 is 0. The van der Waals surface area contributed by atoms with E-state index in [1.807, 2.05) is 20.8 Å². The third-order valence-electron chi connectivity index (χ3n) is 2.40. The Morgan fingerprint density at radius 2 is 2.00 bits per heavy atom. The van der Waals surface area contributed by atoms with Crippen LogP contribution in [0.15, 0.2) is 24.7 Å². The Hall–Kier alpha value is -2.44. The third kappa shape index (κ3) is 3.78. The topological polar surface area (TPSA) is 95.9 Å². The molecule has 0 saturated carbocycles. The van der Waals surface area contributed by atoms with E-state index < -0.39 is 0 Å². The highest BCUT2D eigenvalue weighted by molar-refractivity contribution is 5.70. The van der Waals surface area contributed by atoms with Crippen molar-refractivity contribution in [2.75, 3.05) is 5.73 Å². The van der Waals surface area contributed by atoms with E-state index in [-0.39, 0.29) is 17.3 Å². The first-order chi connectivity index (χ1) is 9.33. The van der Waals surface area contributed by atoms with Gasteiger partial charge in [-0.1, -0.05) is 25.6 Å². The molecule has 7 heteroatoms. The van der Waals surface area contributed by atoms with E-state index in [1.165, 1.54) is 0 Å². The van der Waals surface area contributed by atoms with Gasteiger partial charge in [0.1, 0.15) is 0 Å². The molecule has 2 aromatic heterocycles. The van der Waals surface area contributed by atoms with Crippen molar-refractivity contribution >= 4 is 11.9 Å². The Balaban J connectivity index is 2.06. The zero-order valence-electron chi connectivity index (χ0n) is 11.7. The predicted octanol–water partition coefficient (Wildman–Crippen LogP) is 1.31. The zero-order valence-corrected chi connectivity index (χ0v) is 11.7. The number of aromatic nitrogens is 4. The number of nitrogens with zero attached hydrogens (tertiary/aromatic N) is 4. The van der Waals surface area contributed by atoms with Crippen LogP contribution in [0, 0.1) is 5.41 Å². The molecule has 0 aliphatic carbocycles. The second-order valence-electron chi connectivity index (χ2n) is 5.63. The number of nitrogens with two attached hydrogens (primary N) is 1. The molecule has 0 spiro atoms. The van der Waals surface area contributed by atoms with Gasteiger partial charge >= 0.3 is 5.97 Å². The molecule has 7 nitrogen and oxygen atoms in total. The summed E-state index contributed by atoms with van der Waals surface area (Å²) in [5.41, 5.74) is 6.59. The van der Waals surface area contributed by atoms with Crippen molar-refractivity contribution in [3.8, 4) is 11.3 Å². The largest absolute Gasteiger partial charge is 0.368 e. The standard InChI is InChI=1S/C13H17N5O2/c1-13(2,3)6-11(19)20-18-5-4-10(17-18)9-7-15-12(14)16-8-9/h4-5,7-8H,6H2,1-3H3,(H2,14,15,16). The minimum Gasteiger partial charge on any atom is -0.368 e. The van der Waals surface area contributed by atoms with E-state index in [9.17, 15) is 4.79 Å². The summed E-state index contributed by atoms with van der Waals surface area (Å²) >= 11 is 0. The molecule has 0 radical (unpaired) electrons. The van der Waals surface area contributed by atoms with Crippen LogP contribution in [0.5, 0.6) is 0 Å². The number of nitrogen functional groups attached to an aromatic ring is 1. The van der Waals surface area contributed by atoms with Gasteiger partial charge in [-0.05, 0) is 11.5 Å². The number of anilines is 1. The van der Waals surface area contributed by atoms with Crippen LogP contribution in [0.2, 0.25) is 0 Å². The van der Waals surface area contributed by atoms with Crippen LogP contribution in [-0.4, -0.2) is 25.9 Å². The van der Waals surface area contributed by atoms with E-state index in [0.717, 1.165) is 4.85 Å². The van der Waals surface area contributed by atoms with E-state index >= 15 is 0 Å². The summed E-state index contributed by atoms with van der Waals surface area (Å²) in [7, 11) is 0. The number of hydrogen-bond acceptors (Lipinski definition) is 6. The second-order valence-corrected chi connectivity index (χ2v) is 5.63. The summed E-state index contributed by atoms with van der Waals surface area (Å²) in [6, 6.07) is 1.71. The van der Waals surface area contributed by atoms with Crippen molar-refractivity contribution in [2.24, 2.45) is 5.41 Å². The van der Waals surface area contributed by atoms with Gasteiger partial charge in [-0.3, -0.25) is 0 Å². The van der Waals surface area contributed by atoms with E-state index in [0.29, 0.717) is 17.7 Å². The number of hydrogen-bond donors (Lipinski definition) is 1. The van der Waals surface area contributed by atoms with Gasteiger partial charge in [-0.25, -0.2) is 14.8 Å². The van der Waals surface area contributed by atoms with Gasteiger partial charge in [-0.15, -0.1) is 5.10 Å². The fourth-order valence-corrected chi connectivity index (χ4v) is 1.55. The molecular weight excluding hydrogens is 258 g/mol. The van der Waals surface area contributed by atoms with Crippen LogP contribution < -0.4 is 10.6 Å². The number of carbonyl (C=O) groups is 1. The van der Waals surface area contributed by atoms with Crippen molar-refractivity contribution in [2.45, 2.75) is 27.2 Å². The summed E-state index contributed by atoms with van der Waals surface area (Å²) in [5, 5.41) is 4.13. The highest BCUT2D eigenvalue weighted by Crippen LogP contribution is 2.18. The first kappa shape index (κ1) is 14.0. The molecule has 2 heterocycles. The first-order valence-corrected chi connectivity index (χ1v) is 6.18. The van der Waals surface area contributed by atoms with Gasteiger partial charge in [-0.2, -0.15) is 0 Å².